The van der Waals surface area contributed by atoms with E-state index in [2.05, 4.69) is 9.44 Å². The van der Waals surface area contributed by atoms with Gasteiger partial charge in [0.25, 0.3) is 20.0 Å². The van der Waals surface area contributed by atoms with E-state index in [1.165, 1.54) is 72.7 Å². The SMILES string of the molecule is COc1ccc(S(=O)(=O)Nc2ccc(S(=O)(=O)Nc3cc(Cl)cc(Cl)c3)cc2)cc1N1CCCC1=O. The van der Waals surface area contributed by atoms with Gasteiger partial charge < -0.3 is 9.64 Å². The van der Waals surface area contributed by atoms with E-state index in [4.69, 9.17) is 27.9 Å². The van der Waals surface area contributed by atoms with Gasteiger partial charge in [-0.05, 0) is 67.1 Å². The summed E-state index contributed by atoms with van der Waals surface area (Å²) in [6, 6.07) is 13.7. The maximum atomic E-state index is 13.0. The molecule has 2 N–H and O–H groups in total. The average molecular weight is 570 g/mol. The molecule has 1 heterocycles. The van der Waals surface area contributed by atoms with Crippen LogP contribution in [0.1, 0.15) is 12.8 Å². The number of carbonyl (C=O) groups is 1. The zero-order valence-corrected chi connectivity index (χ0v) is 22.0. The predicted molar refractivity (Wildman–Crippen MR) is 139 cm³/mol. The highest BCUT2D eigenvalue weighted by Gasteiger charge is 2.27. The first kappa shape index (κ1) is 26.1. The minimum absolute atomic E-state index is 0.0748. The van der Waals surface area contributed by atoms with Crippen LogP contribution in [-0.4, -0.2) is 36.4 Å². The normalized spacial score (nSPS) is 14.1. The third-order valence-electron chi connectivity index (χ3n) is 5.36. The van der Waals surface area contributed by atoms with Gasteiger partial charge in [-0.1, -0.05) is 23.2 Å². The van der Waals surface area contributed by atoms with Gasteiger partial charge in [-0.2, -0.15) is 0 Å². The Labute approximate surface area is 219 Å². The number of sulfonamides is 2. The highest BCUT2D eigenvalue weighted by atomic mass is 35.5. The Morgan fingerprint density at radius 1 is 0.806 bits per heavy atom. The van der Waals surface area contributed by atoms with Crippen molar-refractivity contribution < 1.29 is 26.4 Å². The van der Waals surface area contributed by atoms with Gasteiger partial charge in [-0.15, -0.1) is 0 Å². The molecular formula is C23H21Cl2N3O6S2. The van der Waals surface area contributed by atoms with Crippen LogP contribution >= 0.6 is 23.2 Å². The minimum atomic E-state index is -4.05. The number of methoxy groups -OCH3 is 1. The number of carbonyl (C=O) groups excluding carboxylic acids is 1. The van der Waals surface area contributed by atoms with Crippen molar-refractivity contribution in [3.63, 3.8) is 0 Å². The largest absolute Gasteiger partial charge is 0.495 e. The molecule has 1 aliphatic rings. The standard InChI is InChI=1S/C23H21Cl2N3O6S2/c1-34-22-9-8-20(14-21(22)28-10-2-3-23(28)29)36(32,33)26-17-4-6-19(7-5-17)35(30,31)27-18-12-15(24)11-16(25)13-18/h4-9,11-14,26-27H,2-3,10H2,1H3. The summed E-state index contributed by atoms with van der Waals surface area (Å²) in [7, 11) is -6.59. The number of hydrogen-bond acceptors (Lipinski definition) is 6. The minimum Gasteiger partial charge on any atom is -0.495 e. The van der Waals surface area contributed by atoms with Crippen LogP contribution in [0.4, 0.5) is 17.1 Å². The molecule has 0 radical (unpaired) electrons. The molecule has 1 saturated heterocycles. The van der Waals surface area contributed by atoms with Gasteiger partial charge in [-0.25, -0.2) is 16.8 Å². The molecular weight excluding hydrogens is 549 g/mol. The fraction of sp³-hybridized carbons (Fsp3) is 0.174. The second-order valence-electron chi connectivity index (χ2n) is 7.88. The number of amides is 1. The second-order valence-corrected chi connectivity index (χ2v) is 12.1. The van der Waals surface area contributed by atoms with Crippen molar-refractivity contribution in [2.75, 3.05) is 28.0 Å². The fourth-order valence-corrected chi connectivity index (χ4v) is 6.34. The van der Waals surface area contributed by atoms with Crippen molar-refractivity contribution in [1.82, 2.24) is 0 Å². The summed E-state index contributed by atoms with van der Waals surface area (Å²) >= 11 is 11.8. The maximum Gasteiger partial charge on any atom is 0.261 e. The van der Waals surface area contributed by atoms with Gasteiger partial charge in [0.15, 0.2) is 0 Å². The quantitative estimate of drug-likeness (QED) is 0.404. The van der Waals surface area contributed by atoms with Gasteiger partial charge >= 0.3 is 0 Å². The predicted octanol–water partition coefficient (Wildman–Crippen LogP) is 4.73. The lowest BCUT2D eigenvalue weighted by Crippen LogP contribution is -2.25. The van der Waals surface area contributed by atoms with Crippen molar-refractivity contribution in [3.8, 4) is 5.75 Å². The number of anilines is 3. The zero-order valence-electron chi connectivity index (χ0n) is 18.9. The first-order chi connectivity index (χ1) is 17.0. The Kier molecular flexibility index (Phi) is 7.37. The van der Waals surface area contributed by atoms with Crippen molar-refractivity contribution >= 4 is 66.2 Å². The number of rotatable bonds is 8. The summed E-state index contributed by atoms with van der Waals surface area (Å²) in [4.78, 5) is 13.5. The Bertz CT molecular complexity index is 1510. The molecule has 0 atom stereocenters. The van der Waals surface area contributed by atoms with Crippen LogP contribution in [-0.2, 0) is 24.8 Å². The van der Waals surface area contributed by atoms with Crippen molar-refractivity contribution in [3.05, 3.63) is 70.7 Å². The molecule has 1 fully saturated rings. The van der Waals surface area contributed by atoms with Crippen molar-refractivity contribution in [2.24, 2.45) is 0 Å². The van der Waals surface area contributed by atoms with Gasteiger partial charge in [0, 0.05) is 28.7 Å². The summed E-state index contributed by atoms with van der Waals surface area (Å²) in [5, 5.41) is 0.529. The molecule has 0 saturated carbocycles. The molecule has 1 aliphatic heterocycles. The Hall–Kier alpha value is -2.99. The first-order valence-corrected chi connectivity index (χ1v) is 14.3. The molecule has 36 heavy (non-hydrogen) atoms. The number of nitrogens with zero attached hydrogens (tertiary/aromatic N) is 1. The number of nitrogens with one attached hydrogen (secondary N) is 2. The summed E-state index contributed by atoms with van der Waals surface area (Å²) in [6.07, 6.45) is 1.05. The highest BCUT2D eigenvalue weighted by molar-refractivity contribution is 7.93. The van der Waals surface area contributed by atoms with Crippen LogP contribution in [0, 0.1) is 0 Å². The summed E-state index contributed by atoms with van der Waals surface area (Å²) < 4.78 is 61.6. The van der Waals surface area contributed by atoms with Crippen LogP contribution in [0.5, 0.6) is 5.75 Å². The van der Waals surface area contributed by atoms with E-state index in [0.29, 0.717) is 30.8 Å². The fourth-order valence-electron chi connectivity index (χ4n) is 3.69. The lowest BCUT2D eigenvalue weighted by molar-refractivity contribution is -0.117. The maximum absolute atomic E-state index is 13.0. The lowest BCUT2D eigenvalue weighted by Gasteiger charge is -2.20. The third kappa shape index (κ3) is 5.70. The van der Waals surface area contributed by atoms with Gasteiger partial charge in [0.1, 0.15) is 5.75 Å². The monoisotopic (exact) mass is 569 g/mol. The molecule has 13 heteroatoms. The van der Waals surface area contributed by atoms with Crippen LogP contribution < -0.4 is 19.1 Å². The summed E-state index contributed by atoms with van der Waals surface area (Å²) in [5.74, 6) is 0.272. The number of halogens is 2. The Morgan fingerprint density at radius 2 is 1.39 bits per heavy atom. The topological polar surface area (TPSA) is 122 Å². The van der Waals surface area contributed by atoms with Gasteiger partial charge in [-0.3, -0.25) is 14.2 Å². The van der Waals surface area contributed by atoms with E-state index < -0.39 is 20.0 Å². The van der Waals surface area contributed by atoms with Crippen molar-refractivity contribution in [2.45, 2.75) is 22.6 Å². The molecule has 0 spiro atoms. The number of benzene rings is 3. The van der Waals surface area contributed by atoms with Crippen LogP contribution in [0.15, 0.2) is 70.5 Å². The molecule has 9 nitrogen and oxygen atoms in total. The molecule has 190 valence electrons. The second kappa shape index (κ2) is 10.2. The lowest BCUT2D eigenvalue weighted by atomic mass is 10.2. The van der Waals surface area contributed by atoms with E-state index in [9.17, 15) is 21.6 Å². The van der Waals surface area contributed by atoms with Crippen molar-refractivity contribution in [1.29, 1.82) is 0 Å². The first-order valence-electron chi connectivity index (χ1n) is 10.6. The molecule has 0 aliphatic carbocycles. The van der Waals surface area contributed by atoms with E-state index in [1.54, 1.807) is 0 Å². The van der Waals surface area contributed by atoms with E-state index in [-0.39, 0.29) is 37.1 Å². The molecule has 0 unspecified atom stereocenters. The van der Waals surface area contributed by atoms with Gasteiger partial charge in [0.2, 0.25) is 5.91 Å². The molecule has 1 amide bonds. The number of hydrogen-bond donors (Lipinski definition) is 2. The molecule has 3 aromatic rings. The van der Waals surface area contributed by atoms with E-state index >= 15 is 0 Å². The van der Waals surface area contributed by atoms with E-state index in [0.717, 1.165) is 0 Å². The highest BCUT2D eigenvalue weighted by Crippen LogP contribution is 2.34. The van der Waals surface area contributed by atoms with Crippen LogP contribution in [0.3, 0.4) is 0 Å². The summed E-state index contributed by atoms with van der Waals surface area (Å²) in [5.41, 5.74) is 0.704. The molecule has 4 rings (SSSR count). The molecule has 0 bridgehead atoms. The zero-order chi connectivity index (χ0) is 26.1. The van der Waals surface area contributed by atoms with Crippen LogP contribution in [0.2, 0.25) is 10.0 Å². The Morgan fingerprint density at radius 3 is 1.97 bits per heavy atom. The third-order valence-corrected chi connectivity index (χ3v) is 8.57. The van der Waals surface area contributed by atoms with Crippen LogP contribution in [0.25, 0.3) is 0 Å². The molecule has 0 aromatic heterocycles. The smallest absolute Gasteiger partial charge is 0.261 e. The Balaban J connectivity index is 1.55. The van der Waals surface area contributed by atoms with Gasteiger partial charge in [0.05, 0.1) is 28.3 Å². The summed E-state index contributed by atoms with van der Waals surface area (Å²) in [6.45, 7) is 0.470. The molecule has 3 aromatic carbocycles. The van der Waals surface area contributed by atoms with E-state index in [1.807, 2.05) is 0 Å². The number of ether oxygens (including phenoxy) is 1. The average Bonchev–Trinajstić information content (AvgIpc) is 3.23.